The molecule has 38 heavy (non-hydrogen) atoms. The van der Waals surface area contributed by atoms with Crippen LogP contribution >= 0.6 is 0 Å². The van der Waals surface area contributed by atoms with E-state index in [9.17, 15) is 9.90 Å². The monoisotopic (exact) mass is 517 g/mol. The van der Waals surface area contributed by atoms with Crippen molar-refractivity contribution in [3.8, 4) is 11.5 Å². The highest BCUT2D eigenvalue weighted by atomic mass is 16.5. The third-order valence-corrected chi connectivity index (χ3v) is 6.97. The van der Waals surface area contributed by atoms with E-state index in [0.717, 1.165) is 48.9 Å². The minimum Gasteiger partial charge on any atom is -0.508 e. The molecule has 2 aromatic rings. The molecule has 1 amide bonds. The lowest BCUT2D eigenvalue weighted by Crippen LogP contribution is -2.56. The minimum absolute atomic E-state index is 0.00328. The van der Waals surface area contributed by atoms with Crippen LogP contribution in [0.1, 0.15) is 39.7 Å². The van der Waals surface area contributed by atoms with Crippen LogP contribution in [0.15, 0.2) is 84.7 Å². The summed E-state index contributed by atoms with van der Waals surface area (Å²) in [7, 11) is 0. The zero-order chi connectivity index (χ0) is 27.7. The third kappa shape index (κ3) is 8.25. The molecule has 0 saturated carbocycles. The lowest BCUT2D eigenvalue weighted by molar-refractivity contribution is -0.118. The SMILES string of the molecule is C=C/C(=C\C=C(/CC)Oc1cccc(C)c1)C(=O)N[C@H](CN1CCN(c2cccc(O)c2)[C@@H](C)C1)C(C)C. The molecule has 2 atom stereocenters. The topological polar surface area (TPSA) is 65.0 Å². The minimum atomic E-state index is -0.132. The van der Waals surface area contributed by atoms with Crippen LogP contribution in [0.4, 0.5) is 5.69 Å². The van der Waals surface area contributed by atoms with Gasteiger partial charge >= 0.3 is 0 Å². The highest BCUT2D eigenvalue weighted by Crippen LogP contribution is 2.24. The molecule has 3 rings (SSSR count). The largest absolute Gasteiger partial charge is 0.508 e. The molecule has 0 bridgehead atoms. The number of hydrogen-bond acceptors (Lipinski definition) is 5. The maximum Gasteiger partial charge on any atom is 0.251 e. The van der Waals surface area contributed by atoms with Gasteiger partial charge in [0, 0.05) is 62.0 Å². The smallest absolute Gasteiger partial charge is 0.251 e. The Kier molecular flexibility index (Phi) is 10.6. The fourth-order valence-electron chi connectivity index (χ4n) is 4.68. The van der Waals surface area contributed by atoms with E-state index in [-0.39, 0.29) is 23.6 Å². The summed E-state index contributed by atoms with van der Waals surface area (Å²) in [5.74, 6) is 1.99. The normalized spacial score (nSPS) is 17.8. The number of phenolic OH excluding ortho intramolecular Hbond substituents is 1. The summed E-state index contributed by atoms with van der Waals surface area (Å²) >= 11 is 0. The van der Waals surface area contributed by atoms with Gasteiger partial charge in [-0.25, -0.2) is 0 Å². The van der Waals surface area contributed by atoms with Crippen molar-refractivity contribution >= 4 is 11.6 Å². The maximum absolute atomic E-state index is 13.2. The second kappa shape index (κ2) is 13.9. The van der Waals surface area contributed by atoms with Gasteiger partial charge in [0.15, 0.2) is 0 Å². The Morgan fingerprint density at radius 3 is 2.58 bits per heavy atom. The van der Waals surface area contributed by atoms with Crippen LogP contribution in [0.2, 0.25) is 0 Å². The Bertz CT molecular complexity index is 1150. The molecule has 6 heteroatoms. The number of rotatable bonds is 11. The molecule has 0 aromatic heterocycles. The molecule has 0 unspecified atom stereocenters. The predicted octanol–water partition coefficient (Wildman–Crippen LogP) is 5.84. The average molecular weight is 518 g/mol. The Hall–Kier alpha value is -3.51. The first kappa shape index (κ1) is 29.1. The molecule has 0 radical (unpaired) electrons. The summed E-state index contributed by atoms with van der Waals surface area (Å²) in [4.78, 5) is 17.9. The molecule has 1 fully saturated rings. The van der Waals surface area contributed by atoms with Crippen LogP contribution in [0, 0.1) is 12.8 Å². The van der Waals surface area contributed by atoms with Gasteiger partial charge in [-0.1, -0.05) is 51.6 Å². The number of aryl methyl sites for hydroxylation is 1. The van der Waals surface area contributed by atoms with E-state index in [2.05, 4.69) is 42.5 Å². The van der Waals surface area contributed by atoms with Crippen LogP contribution < -0.4 is 15.0 Å². The van der Waals surface area contributed by atoms with Gasteiger partial charge in [0.05, 0.1) is 0 Å². The van der Waals surface area contributed by atoms with Crippen molar-refractivity contribution in [1.29, 1.82) is 0 Å². The van der Waals surface area contributed by atoms with Gasteiger partial charge in [-0.15, -0.1) is 0 Å². The fraction of sp³-hybridized carbons (Fsp3) is 0.406. The number of allylic oxidation sites excluding steroid dienone is 3. The van der Waals surface area contributed by atoms with Gasteiger partial charge in [0.1, 0.15) is 17.3 Å². The first-order valence-electron chi connectivity index (χ1n) is 13.6. The highest BCUT2D eigenvalue weighted by Gasteiger charge is 2.27. The molecule has 2 aromatic carbocycles. The van der Waals surface area contributed by atoms with Gasteiger partial charge in [-0.05, 0) is 61.7 Å². The highest BCUT2D eigenvalue weighted by molar-refractivity contribution is 5.96. The van der Waals surface area contributed by atoms with Gasteiger partial charge < -0.3 is 20.1 Å². The number of amides is 1. The number of phenols is 1. The van der Waals surface area contributed by atoms with Gasteiger partial charge in [-0.2, -0.15) is 0 Å². The molecule has 0 spiro atoms. The van der Waals surface area contributed by atoms with E-state index >= 15 is 0 Å². The Balaban J connectivity index is 1.62. The van der Waals surface area contributed by atoms with E-state index < -0.39 is 0 Å². The van der Waals surface area contributed by atoms with Crippen molar-refractivity contribution in [3.63, 3.8) is 0 Å². The van der Waals surface area contributed by atoms with Crippen LogP contribution in [0.25, 0.3) is 0 Å². The van der Waals surface area contributed by atoms with Gasteiger partial charge in [0.2, 0.25) is 0 Å². The van der Waals surface area contributed by atoms with Crippen LogP contribution in [-0.2, 0) is 4.79 Å². The zero-order valence-electron chi connectivity index (χ0n) is 23.5. The van der Waals surface area contributed by atoms with E-state index in [1.807, 2.05) is 62.4 Å². The average Bonchev–Trinajstić information content (AvgIpc) is 2.88. The Morgan fingerprint density at radius 2 is 1.95 bits per heavy atom. The van der Waals surface area contributed by atoms with Crippen molar-refractivity contribution < 1.29 is 14.6 Å². The van der Waals surface area contributed by atoms with E-state index in [1.165, 1.54) is 0 Å². The molecular weight excluding hydrogens is 474 g/mol. The lowest BCUT2D eigenvalue weighted by atomic mass is 10.0. The summed E-state index contributed by atoms with van der Waals surface area (Å²) < 4.78 is 6.02. The second-order valence-corrected chi connectivity index (χ2v) is 10.4. The number of hydrogen-bond donors (Lipinski definition) is 2. The number of nitrogens with one attached hydrogen (secondary N) is 1. The van der Waals surface area contributed by atoms with E-state index in [0.29, 0.717) is 18.0 Å². The Morgan fingerprint density at radius 1 is 1.18 bits per heavy atom. The predicted molar refractivity (Wildman–Crippen MR) is 157 cm³/mol. The molecule has 1 aliphatic heterocycles. The van der Waals surface area contributed by atoms with Crippen molar-refractivity contribution in [2.75, 3.05) is 31.1 Å². The molecule has 1 heterocycles. The molecule has 0 aliphatic carbocycles. The quantitative estimate of drug-likeness (QED) is 0.223. The van der Waals surface area contributed by atoms with Crippen LogP contribution in [-0.4, -0.2) is 54.2 Å². The fourth-order valence-corrected chi connectivity index (χ4v) is 4.68. The molecule has 1 aliphatic rings. The number of anilines is 1. The standard InChI is InChI=1S/C32H43N3O3/c1-7-26(15-16-29(8-2)38-30-14-9-11-24(5)19-30)32(37)33-31(23(3)4)22-34-17-18-35(25(6)21-34)27-12-10-13-28(36)20-27/h7,9-16,19-20,23,25,31,36H,1,8,17-18,21-22H2,2-6H3,(H,33,37)/b26-15+,29-16+/t25-,31+/m0/s1. The summed E-state index contributed by atoms with van der Waals surface area (Å²) in [6.45, 7) is 17.8. The van der Waals surface area contributed by atoms with E-state index in [1.54, 1.807) is 18.2 Å². The maximum atomic E-state index is 13.2. The van der Waals surface area contributed by atoms with Crippen molar-refractivity contribution in [2.45, 2.75) is 53.1 Å². The number of nitrogens with zero attached hydrogens (tertiary/aromatic N) is 2. The molecule has 6 nitrogen and oxygen atoms in total. The summed E-state index contributed by atoms with van der Waals surface area (Å²) in [6, 6.07) is 15.7. The second-order valence-electron chi connectivity index (χ2n) is 10.4. The number of carbonyl (C=O) groups excluding carboxylic acids is 1. The summed E-state index contributed by atoms with van der Waals surface area (Å²) in [5.41, 5.74) is 2.68. The lowest BCUT2D eigenvalue weighted by Gasteiger charge is -2.42. The summed E-state index contributed by atoms with van der Waals surface area (Å²) in [6.07, 6.45) is 5.94. The molecule has 204 valence electrons. The number of ether oxygens (including phenoxy) is 1. The first-order chi connectivity index (χ1) is 18.2. The van der Waals surface area contributed by atoms with Gasteiger partial charge in [0.25, 0.3) is 5.91 Å². The number of piperazine rings is 1. The molecular formula is C32H43N3O3. The van der Waals surface area contributed by atoms with Crippen LogP contribution in [0.3, 0.4) is 0 Å². The van der Waals surface area contributed by atoms with Crippen molar-refractivity contribution in [3.05, 3.63) is 90.2 Å². The van der Waals surface area contributed by atoms with Crippen molar-refractivity contribution in [1.82, 2.24) is 10.2 Å². The number of benzene rings is 2. The first-order valence-corrected chi connectivity index (χ1v) is 13.6. The van der Waals surface area contributed by atoms with E-state index in [4.69, 9.17) is 4.74 Å². The third-order valence-electron chi connectivity index (χ3n) is 6.97. The number of carbonyl (C=O) groups is 1. The zero-order valence-corrected chi connectivity index (χ0v) is 23.5. The van der Waals surface area contributed by atoms with Crippen molar-refractivity contribution in [2.24, 2.45) is 5.92 Å². The van der Waals surface area contributed by atoms with Gasteiger partial charge in [-0.3, -0.25) is 9.69 Å². The Labute approximate surface area is 228 Å². The summed E-state index contributed by atoms with van der Waals surface area (Å²) in [5, 5.41) is 13.1. The molecule has 2 N–H and O–H groups in total. The van der Waals surface area contributed by atoms with Crippen LogP contribution in [0.5, 0.6) is 11.5 Å². The molecule has 1 saturated heterocycles. The number of aromatic hydroxyl groups is 1.